The first-order chi connectivity index (χ1) is 13.9. The summed E-state index contributed by atoms with van der Waals surface area (Å²) in [5, 5.41) is 21.2. The number of urea groups is 1. The molecule has 0 saturated carbocycles. The molecule has 4 amide bonds. The van der Waals surface area contributed by atoms with Crippen LogP contribution in [-0.4, -0.2) is 35.4 Å². The molecule has 0 spiro atoms. The highest BCUT2D eigenvalue weighted by molar-refractivity contribution is 7.13. The summed E-state index contributed by atoms with van der Waals surface area (Å²) in [6.07, 6.45) is 2.03. The van der Waals surface area contributed by atoms with Crippen molar-refractivity contribution in [2.24, 2.45) is 5.92 Å². The maximum Gasteiger partial charge on any atom is 0.325 e. The monoisotopic (exact) mass is 414 g/mol. The molecule has 0 fully saturated rings. The Kier molecular flexibility index (Phi) is 8.12. The average molecular weight is 414 g/mol. The van der Waals surface area contributed by atoms with E-state index in [-0.39, 0.29) is 12.5 Å². The van der Waals surface area contributed by atoms with Crippen molar-refractivity contribution in [2.45, 2.75) is 26.3 Å². The zero-order chi connectivity index (χ0) is 21.2. The predicted octanol–water partition coefficient (Wildman–Crippen LogP) is 2.57. The molecule has 1 aromatic carbocycles. The average Bonchev–Trinajstić information content (AvgIpc) is 3.18. The lowest BCUT2D eigenvalue weighted by Gasteiger charge is -2.19. The van der Waals surface area contributed by atoms with Crippen molar-refractivity contribution < 1.29 is 14.4 Å². The summed E-state index contributed by atoms with van der Waals surface area (Å²) in [6, 6.07) is 6.93. The van der Waals surface area contributed by atoms with Gasteiger partial charge in [0.25, 0.3) is 5.91 Å². The van der Waals surface area contributed by atoms with Gasteiger partial charge < -0.3 is 16.0 Å². The summed E-state index contributed by atoms with van der Waals surface area (Å²) in [5.41, 5.74) is 0.846. The summed E-state index contributed by atoms with van der Waals surface area (Å²) in [4.78, 5) is 40.5. The second-order valence-electron chi connectivity index (χ2n) is 6.53. The zero-order valence-electron chi connectivity index (χ0n) is 16.1. The van der Waals surface area contributed by atoms with E-state index >= 15 is 0 Å². The largest absolute Gasteiger partial charge is 0.341 e. The van der Waals surface area contributed by atoms with Crippen molar-refractivity contribution in [3.63, 3.8) is 0 Å². The lowest BCUT2D eigenvalue weighted by molar-refractivity contribution is -0.123. The van der Waals surface area contributed by atoms with Crippen LogP contribution in [0.2, 0.25) is 0 Å². The van der Waals surface area contributed by atoms with Crippen LogP contribution in [0.1, 0.15) is 30.6 Å². The minimum absolute atomic E-state index is 0.118. The molecule has 2 rings (SSSR count). The quantitative estimate of drug-likeness (QED) is 0.492. The summed E-state index contributed by atoms with van der Waals surface area (Å²) < 4.78 is 0. The van der Waals surface area contributed by atoms with Crippen LogP contribution in [0.4, 0.5) is 15.6 Å². The number of nitrogens with zero attached hydrogens (tertiary/aromatic N) is 2. The van der Waals surface area contributed by atoms with Gasteiger partial charge in [-0.15, -0.1) is 11.3 Å². The molecular weight excluding hydrogens is 392 g/mol. The van der Waals surface area contributed by atoms with Crippen LogP contribution in [0.3, 0.4) is 0 Å². The second-order valence-corrected chi connectivity index (χ2v) is 7.42. The van der Waals surface area contributed by atoms with Gasteiger partial charge >= 0.3 is 6.03 Å². The van der Waals surface area contributed by atoms with Gasteiger partial charge in [0, 0.05) is 22.8 Å². The summed E-state index contributed by atoms with van der Waals surface area (Å²) in [5.74, 6) is -0.636. The standard InChI is InChI=1S/C19H22N6O3S/c1-12(2)11-15(17(27)21-8-7-20)24-16(26)13-3-5-14(6-4-13)23-18(28)25-19-22-9-10-29-19/h3-6,9-10,12,15H,8,11H2,1-2H3,(H,21,27)(H,24,26)(H2,22,23,25,28). The number of carbonyl (C=O) groups is 3. The zero-order valence-corrected chi connectivity index (χ0v) is 16.9. The Hall–Kier alpha value is -3.45. The molecule has 10 heteroatoms. The lowest BCUT2D eigenvalue weighted by atomic mass is 10.0. The summed E-state index contributed by atoms with van der Waals surface area (Å²) in [6.45, 7) is 3.76. The van der Waals surface area contributed by atoms with E-state index in [1.165, 1.54) is 11.3 Å². The molecule has 0 aliphatic rings. The van der Waals surface area contributed by atoms with E-state index in [1.807, 2.05) is 19.9 Å². The number of benzene rings is 1. The molecule has 1 atom stereocenters. The molecule has 0 radical (unpaired) electrons. The highest BCUT2D eigenvalue weighted by Crippen LogP contribution is 2.14. The SMILES string of the molecule is CC(C)CC(NC(=O)c1ccc(NC(=O)Nc2nccs2)cc1)C(=O)NCC#N. The van der Waals surface area contributed by atoms with E-state index in [1.54, 1.807) is 35.8 Å². The van der Waals surface area contributed by atoms with E-state index in [9.17, 15) is 14.4 Å². The maximum absolute atomic E-state index is 12.5. The van der Waals surface area contributed by atoms with Crippen LogP contribution >= 0.6 is 11.3 Å². The summed E-state index contributed by atoms with van der Waals surface area (Å²) in [7, 11) is 0. The molecule has 152 valence electrons. The fraction of sp³-hybridized carbons (Fsp3) is 0.316. The third kappa shape index (κ3) is 7.23. The molecule has 0 saturated heterocycles. The van der Waals surface area contributed by atoms with Gasteiger partial charge in [-0.3, -0.25) is 14.9 Å². The minimum atomic E-state index is -0.738. The molecule has 0 aliphatic carbocycles. The number of amides is 4. The van der Waals surface area contributed by atoms with Gasteiger partial charge in [0.15, 0.2) is 5.13 Å². The van der Waals surface area contributed by atoms with Gasteiger partial charge in [-0.25, -0.2) is 9.78 Å². The highest BCUT2D eigenvalue weighted by atomic mass is 32.1. The van der Waals surface area contributed by atoms with E-state index in [0.29, 0.717) is 22.8 Å². The molecule has 0 bridgehead atoms. The van der Waals surface area contributed by atoms with E-state index in [2.05, 4.69) is 26.3 Å². The third-order valence-electron chi connectivity index (χ3n) is 3.73. The number of nitrogens with one attached hydrogen (secondary N) is 4. The number of hydrogen-bond acceptors (Lipinski definition) is 6. The number of hydrogen-bond donors (Lipinski definition) is 4. The van der Waals surface area contributed by atoms with E-state index in [4.69, 9.17) is 5.26 Å². The van der Waals surface area contributed by atoms with Gasteiger partial charge in [0.05, 0.1) is 6.07 Å². The number of carbonyl (C=O) groups excluding carboxylic acids is 3. The lowest BCUT2D eigenvalue weighted by Crippen LogP contribution is -2.47. The van der Waals surface area contributed by atoms with Crippen molar-refractivity contribution in [1.82, 2.24) is 15.6 Å². The molecule has 1 aromatic heterocycles. The van der Waals surface area contributed by atoms with Crippen molar-refractivity contribution in [2.75, 3.05) is 17.2 Å². The minimum Gasteiger partial charge on any atom is -0.341 e. The van der Waals surface area contributed by atoms with Gasteiger partial charge in [0.1, 0.15) is 12.6 Å². The van der Waals surface area contributed by atoms with Crippen LogP contribution < -0.4 is 21.3 Å². The first kappa shape index (κ1) is 21.8. The van der Waals surface area contributed by atoms with Gasteiger partial charge in [0.2, 0.25) is 5.91 Å². The molecule has 2 aromatic rings. The maximum atomic E-state index is 12.5. The molecule has 1 unspecified atom stereocenters. The first-order valence-corrected chi connectivity index (χ1v) is 9.80. The van der Waals surface area contributed by atoms with Crippen molar-refractivity contribution in [3.8, 4) is 6.07 Å². The molecule has 0 aliphatic heterocycles. The van der Waals surface area contributed by atoms with Crippen LogP contribution in [0.5, 0.6) is 0 Å². The van der Waals surface area contributed by atoms with Crippen LogP contribution in [-0.2, 0) is 4.79 Å². The van der Waals surface area contributed by atoms with Crippen molar-refractivity contribution >= 4 is 40.0 Å². The van der Waals surface area contributed by atoms with Crippen LogP contribution in [0, 0.1) is 17.2 Å². The molecule has 1 heterocycles. The Bertz CT molecular complexity index is 874. The van der Waals surface area contributed by atoms with Crippen molar-refractivity contribution in [3.05, 3.63) is 41.4 Å². The smallest absolute Gasteiger partial charge is 0.325 e. The number of nitriles is 1. The number of thiazole rings is 1. The fourth-order valence-corrected chi connectivity index (χ4v) is 2.97. The normalized spacial score (nSPS) is 11.2. The fourth-order valence-electron chi connectivity index (χ4n) is 2.44. The van der Waals surface area contributed by atoms with Gasteiger partial charge in [-0.2, -0.15) is 5.26 Å². The topological polar surface area (TPSA) is 136 Å². The van der Waals surface area contributed by atoms with E-state index < -0.39 is 23.9 Å². The molecule has 4 N–H and O–H groups in total. The predicted molar refractivity (Wildman–Crippen MR) is 111 cm³/mol. The Morgan fingerprint density at radius 3 is 2.48 bits per heavy atom. The van der Waals surface area contributed by atoms with Crippen molar-refractivity contribution in [1.29, 1.82) is 5.26 Å². The third-order valence-corrected chi connectivity index (χ3v) is 4.42. The number of anilines is 2. The highest BCUT2D eigenvalue weighted by Gasteiger charge is 2.22. The Balaban J connectivity index is 1.96. The Morgan fingerprint density at radius 2 is 1.90 bits per heavy atom. The van der Waals surface area contributed by atoms with Gasteiger partial charge in [-0.1, -0.05) is 13.8 Å². The van der Waals surface area contributed by atoms with E-state index in [0.717, 1.165) is 0 Å². The molecule has 29 heavy (non-hydrogen) atoms. The molecular formula is C19H22N6O3S. The Labute approximate surface area is 172 Å². The van der Waals surface area contributed by atoms with Crippen LogP contribution in [0.15, 0.2) is 35.8 Å². The molecule has 9 nitrogen and oxygen atoms in total. The Morgan fingerprint density at radius 1 is 1.17 bits per heavy atom. The second kappa shape index (κ2) is 10.8. The van der Waals surface area contributed by atoms with Gasteiger partial charge in [-0.05, 0) is 36.6 Å². The first-order valence-electron chi connectivity index (χ1n) is 8.92. The number of rotatable bonds is 8. The van der Waals surface area contributed by atoms with Crippen LogP contribution in [0.25, 0.3) is 0 Å². The summed E-state index contributed by atoms with van der Waals surface area (Å²) >= 11 is 1.30. The number of aromatic nitrogens is 1.